The number of nitrogens with one attached hydrogen (secondary N) is 1. The summed E-state index contributed by atoms with van der Waals surface area (Å²) in [6, 6.07) is 18.9. The molecule has 0 aromatic heterocycles. The van der Waals surface area contributed by atoms with E-state index in [1.165, 1.54) is 10.8 Å². The second kappa shape index (κ2) is 8.00. The van der Waals surface area contributed by atoms with Gasteiger partial charge in [-0.15, -0.1) is 0 Å². The number of hydrogen-bond donors (Lipinski definition) is 2. The number of rotatable bonds is 5. The van der Waals surface area contributed by atoms with E-state index < -0.39 is 0 Å². The van der Waals surface area contributed by atoms with Gasteiger partial charge in [0.25, 0.3) is 0 Å². The van der Waals surface area contributed by atoms with Crippen LogP contribution in [0, 0.1) is 6.92 Å². The second-order valence-electron chi connectivity index (χ2n) is 7.89. The third-order valence-electron chi connectivity index (χ3n) is 5.69. The number of fused-ring (bicyclic) bond motifs is 5. The van der Waals surface area contributed by atoms with E-state index in [9.17, 15) is 0 Å². The molecule has 0 saturated carbocycles. The molecule has 0 bridgehead atoms. The maximum Gasteiger partial charge on any atom is 0.155 e. The van der Waals surface area contributed by atoms with Gasteiger partial charge in [0.05, 0.1) is 5.36 Å². The van der Waals surface area contributed by atoms with Crippen LogP contribution < -0.4 is 16.4 Å². The molecule has 0 amide bonds. The number of nitrogens with two attached hydrogens (primary N) is 1. The van der Waals surface area contributed by atoms with Gasteiger partial charge in [0.1, 0.15) is 11.2 Å². The molecule has 0 spiro atoms. The molecule has 3 aromatic rings. The fraction of sp³-hybridized carbons (Fsp3) is 0.231. The van der Waals surface area contributed by atoms with Crippen LogP contribution in [0.1, 0.15) is 18.9 Å². The average molecular weight is 411 g/mol. The number of aromatic nitrogens is 1. The van der Waals surface area contributed by atoms with Crippen LogP contribution in [-0.4, -0.2) is 24.6 Å². The molecule has 0 radical (unpaired) electrons. The minimum Gasteiger partial charge on any atom is -0.453 e. The Morgan fingerprint density at radius 2 is 1.81 bits per heavy atom. The van der Waals surface area contributed by atoms with Gasteiger partial charge in [-0.2, -0.15) is 0 Å². The number of aryl methyl sites for hydroxylation is 1. The Morgan fingerprint density at radius 3 is 2.55 bits per heavy atom. The second-order valence-corrected chi connectivity index (χ2v) is 7.89. The van der Waals surface area contributed by atoms with Gasteiger partial charge in [-0.3, -0.25) is 4.99 Å². The minimum atomic E-state index is 0.626. The standard InChI is InChI=1S/C26H26N4O/c1-3-28-21-14-24-23(11-16(21)2)30-26-20-13-18-8-5-4-7-17(18)12-19(20)22(15-25(26)31-24)29-10-6-9-27/h4-5,7-8,11-15,28H,3,6,9-10,27H2,1-2H3. The molecule has 31 heavy (non-hydrogen) atoms. The minimum absolute atomic E-state index is 0.626. The Hall–Kier alpha value is -3.44. The first-order valence-corrected chi connectivity index (χ1v) is 10.8. The summed E-state index contributed by atoms with van der Waals surface area (Å²) in [6.45, 7) is 6.35. The number of benzene rings is 4. The van der Waals surface area contributed by atoms with Crippen molar-refractivity contribution in [1.82, 2.24) is 4.98 Å². The molecule has 0 atom stereocenters. The molecular weight excluding hydrogens is 384 g/mol. The predicted octanol–water partition coefficient (Wildman–Crippen LogP) is 5.23. The molecule has 2 aliphatic rings. The smallest absolute Gasteiger partial charge is 0.155 e. The largest absolute Gasteiger partial charge is 0.453 e. The maximum atomic E-state index is 6.37. The highest BCUT2D eigenvalue weighted by Gasteiger charge is 2.16. The first-order valence-electron chi connectivity index (χ1n) is 10.8. The normalized spacial score (nSPS) is 12.4. The van der Waals surface area contributed by atoms with Gasteiger partial charge in [-0.1, -0.05) is 24.3 Å². The maximum absolute atomic E-state index is 6.37. The van der Waals surface area contributed by atoms with Gasteiger partial charge < -0.3 is 15.5 Å². The van der Waals surface area contributed by atoms with Crippen LogP contribution in [0.25, 0.3) is 44.1 Å². The van der Waals surface area contributed by atoms with Crippen LogP contribution in [0.4, 0.5) is 5.69 Å². The molecule has 1 heterocycles. The summed E-state index contributed by atoms with van der Waals surface area (Å²) in [5.41, 5.74) is 10.4. The highest BCUT2D eigenvalue weighted by Crippen LogP contribution is 2.34. The van der Waals surface area contributed by atoms with Crippen molar-refractivity contribution >= 4 is 38.3 Å². The van der Waals surface area contributed by atoms with E-state index in [1.54, 1.807) is 0 Å². The van der Waals surface area contributed by atoms with Crippen LogP contribution in [0.15, 0.2) is 64.0 Å². The van der Waals surface area contributed by atoms with Crippen molar-refractivity contribution in [3.05, 3.63) is 65.5 Å². The topological polar surface area (TPSA) is 76.4 Å². The lowest BCUT2D eigenvalue weighted by Gasteiger charge is -2.14. The van der Waals surface area contributed by atoms with Gasteiger partial charge in [0.15, 0.2) is 11.3 Å². The Balaban J connectivity index is 1.86. The SMILES string of the molecule is CCNc1cc2oc3cc(=NCCCN)c4cc5ccccc5cc4c-3nc2cc1C. The fourth-order valence-electron chi connectivity index (χ4n) is 4.13. The van der Waals surface area contributed by atoms with Gasteiger partial charge in [-0.25, -0.2) is 4.98 Å². The van der Waals surface area contributed by atoms with Crippen molar-refractivity contribution in [2.24, 2.45) is 10.7 Å². The molecule has 0 saturated heterocycles. The van der Waals surface area contributed by atoms with Crippen molar-refractivity contribution < 1.29 is 4.42 Å². The molecule has 1 aliphatic carbocycles. The van der Waals surface area contributed by atoms with E-state index in [1.807, 2.05) is 12.1 Å². The Morgan fingerprint density at radius 1 is 1.03 bits per heavy atom. The summed E-state index contributed by atoms with van der Waals surface area (Å²) < 4.78 is 6.37. The van der Waals surface area contributed by atoms with Gasteiger partial charge in [0.2, 0.25) is 0 Å². The van der Waals surface area contributed by atoms with Crippen LogP contribution in [0.5, 0.6) is 0 Å². The quantitative estimate of drug-likeness (QED) is 0.236. The fourth-order valence-corrected chi connectivity index (χ4v) is 4.13. The summed E-state index contributed by atoms with van der Waals surface area (Å²) in [5, 5.41) is 8.83. The van der Waals surface area contributed by atoms with Crippen molar-refractivity contribution in [3.8, 4) is 11.5 Å². The van der Waals surface area contributed by atoms with Gasteiger partial charge in [-0.05, 0) is 61.3 Å². The lowest BCUT2D eigenvalue weighted by atomic mass is 9.99. The van der Waals surface area contributed by atoms with Crippen LogP contribution >= 0.6 is 0 Å². The first kappa shape index (κ1) is 19.5. The number of nitrogens with zero attached hydrogens (tertiary/aromatic N) is 2. The predicted molar refractivity (Wildman–Crippen MR) is 129 cm³/mol. The highest BCUT2D eigenvalue weighted by atomic mass is 16.3. The van der Waals surface area contributed by atoms with E-state index in [2.05, 4.69) is 61.6 Å². The zero-order valence-electron chi connectivity index (χ0n) is 17.9. The summed E-state index contributed by atoms with van der Waals surface area (Å²) >= 11 is 0. The van der Waals surface area contributed by atoms with Gasteiger partial charge in [0, 0.05) is 41.7 Å². The van der Waals surface area contributed by atoms with Crippen molar-refractivity contribution in [1.29, 1.82) is 0 Å². The Bertz CT molecular complexity index is 1450. The number of hydrogen-bond acceptors (Lipinski definition) is 5. The molecule has 5 rings (SSSR count). The molecule has 1 aliphatic heterocycles. The van der Waals surface area contributed by atoms with Crippen LogP contribution in [0.3, 0.4) is 0 Å². The van der Waals surface area contributed by atoms with Gasteiger partial charge >= 0.3 is 0 Å². The molecular formula is C26H26N4O. The average Bonchev–Trinajstić information content (AvgIpc) is 2.78. The molecule has 0 unspecified atom stereocenters. The van der Waals surface area contributed by atoms with E-state index in [0.717, 1.165) is 62.9 Å². The summed E-state index contributed by atoms with van der Waals surface area (Å²) in [7, 11) is 0. The van der Waals surface area contributed by atoms with E-state index in [0.29, 0.717) is 13.1 Å². The summed E-state index contributed by atoms with van der Waals surface area (Å²) in [5.74, 6) is 0.744. The monoisotopic (exact) mass is 410 g/mol. The van der Waals surface area contributed by atoms with E-state index >= 15 is 0 Å². The molecule has 0 fully saturated rings. The molecule has 156 valence electrons. The first-order chi connectivity index (χ1) is 15.2. The lowest BCUT2D eigenvalue weighted by molar-refractivity contribution is 0.613. The molecule has 5 nitrogen and oxygen atoms in total. The highest BCUT2D eigenvalue weighted by molar-refractivity contribution is 6.04. The van der Waals surface area contributed by atoms with Crippen molar-refractivity contribution in [2.45, 2.75) is 20.3 Å². The van der Waals surface area contributed by atoms with Crippen LogP contribution in [-0.2, 0) is 0 Å². The summed E-state index contributed by atoms with van der Waals surface area (Å²) in [6.07, 6.45) is 0.853. The molecule has 3 aromatic carbocycles. The zero-order chi connectivity index (χ0) is 21.4. The molecule has 5 heteroatoms. The Kier molecular flexibility index (Phi) is 5.04. The molecule has 3 N–H and O–H groups in total. The van der Waals surface area contributed by atoms with E-state index in [-0.39, 0.29) is 0 Å². The number of anilines is 1. The third kappa shape index (κ3) is 3.51. The third-order valence-corrected chi connectivity index (χ3v) is 5.69. The zero-order valence-corrected chi connectivity index (χ0v) is 17.9. The Labute approximate surface area is 181 Å². The lowest BCUT2D eigenvalue weighted by Crippen LogP contribution is -2.09. The summed E-state index contributed by atoms with van der Waals surface area (Å²) in [4.78, 5) is 9.87. The van der Waals surface area contributed by atoms with Crippen LogP contribution in [0.2, 0.25) is 0 Å². The van der Waals surface area contributed by atoms with E-state index in [4.69, 9.17) is 20.1 Å². The van der Waals surface area contributed by atoms with Crippen molar-refractivity contribution in [2.75, 3.05) is 25.0 Å². The van der Waals surface area contributed by atoms with Crippen molar-refractivity contribution in [3.63, 3.8) is 0 Å².